The molecule has 1 rings (SSSR count). The summed E-state index contributed by atoms with van der Waals surface area (Å²) in [5.74, 6) is 0.860. The van der Waals surface area contributed by atoms with E-state index in [1.54, 1.807) is 0 Å². The first kappa shape index (κ1) is 11.3. The number of benzene rings is 1. The fraction of sp³-hybridized carbons (Fsp3) is 0.455. The molecule has 3 heteroatoms. The van der Waals surface area contributed by atoms with Crippen molar-refractivity contribution in [1.82, 2.24) is 0 Å². The van der Waals surface area contributed by atoms with Gasteiger partial charge >= 0.3 is 0 Å². The zero-order chi connectivity index (χ0) is 10.4. The Bertz CT molecular complexity index is 260. The van der Waals surface area contributed by atoms with Gasteiger partial charge < -0.3 is 10.5 Å². The van der Waals surface area contributed by atoms with Crippen molar-refractivity contribution < 1.29 is 4.74 Å². The summed E-state index contributed by atoms with van der Waals surface area (Å²) in [6, 6.07) is 7.40. The SMILES string of the molecule is CC(CCCN)Oc1ccc(Cl)cc1. The molecule has 14 heavy (non-hydrogen) atoms. The van der Waals surface area contributed by atoms with Crippen molar-refractivity contribution >= 4 is 11.6 Å². The second-order valence-corrected chi connectivity index (χ2v) is 3.75. The minimum atomic E-state index is 0.208. The van der Waals surface area contributed by atoms with Crippen molar-refractivity contribution in [2.75, 3.05) is 6.54 Å². The van der Waals surface area contributed by atoms with Crippen LogP contribution in [0.15, 0.2) is 24.3 Å². The molecule has 0 spiro atoms. The molecule has 0 aliphatic heterocycles. The van der Waals surface area contributed by atoms with Gasteiger partial charge in [0.05, 0.1) is 6.10 Å². The minimum Gasteiger partial charge on any atom is -0.491 e. The highest BCUT2D eigenvalue weighted by atomic mass is 35.5. The van der Waals surface area contributed by atoms with E-state index in [2.05, 4.69) is 0 Å². The average Bonchev–Trinajstić information content (AvgIpc) is 2.18. The van der Waals surface area contributed by atoms with Gasteiger partial charge in [-0.3, -0.25) is 0 Å². The third kappa shape index (κ3) is 3.99. The highest BCUT2D eigenvalue weighted by molar-refractivity contribution is 6.30. The summed E-state index contributed by atoms with van der Waals surface area (Å²) in [5, 5.41) is 0.729. The standard InChI is InChI=1S/C11H16ClNO/c1-9(3-2-8-13)14-11-6-4-10(12)5-7-11/h4-7,9H,2-3,8,13H2,1H3. The van der Waals surface area contributed by atoms with Gasteiger partial charge in [-0.1, -0.05) is 11.6 Å². The number of nitrogens with two attached hydrogens (primary N) is 1. The molecule has 2 N–H and O–H groups in total. The van der Waals surface area contributed by atoms with Gasteiger partial charge in [0.2, 0.25) is 0 Å². The molecule has 1 unspecified atom stereocenters. The number of rotatable bonds is 5. The average molecular weight is 214 g/mol. The zero-order valence-corrected chi connectivity index (χ0v) is 9.13. The van der Waals surface area contributed by atoms with Crippen LogP contribution in [0.2, 0.25) is 5.02 Å². The van der Waals surface area contributed by atoms with Crippen molar-refractivity contribution in [2.45, 2.75) is 25.9 Å². The van der Waals surface area contributed by atoms with Crippen LogP contribution in [-0.2, 0) is 0 Å². The largest absolute Gasteiger partial charge is 0.491 e. The molecule has 0 fully saturated rings. The van der Waals surface area contributed by atoms with Gasteiger partial charge in [-0.15, -0.1) is 0 Å². The molecule has 1 aromatic carbocycles. The van der Waals surface area contributed by atoms with E-state index in [0.717, 1.165) is 23.6 Å². The molecule has 0 aliphatic carbocycles. The number of hydrogen-bond acceptors (Lipinski definition) is 2. The van der Waals surface area contributed by atoms with Gasteiger partial charge in [0, 0.05) is 5.02 Å². The van der Waals surface area contributed by atoms with E-state index in [9.17, 15) is 0 Å². The van der Waals surface area contributed by atoms with Crippen LogP contribution in [0.1, 0.15) is 19.8 Å². The van der Waals surface area contributed by atoms with E-state index >= 15 is 0 Å². The summed E-state index contributed by atoms with van der Waals surface area (Å²) >= 11 is 5.76. The maximum atomic E-state index is 5.76. The van der Waals surface area contributed by atoms with Crippen molar-refractivity contribution in [3.05, 3.63) is 29.3 Å². The Morgan fingerprint density at radius 3 is 2.57 bits per heavy atom. The second-order valence-electron chi connectivity index (χ2n) is 3.31. The second kappa shape index (κ2) is 5.89. The molecule has 0 aromatic heterocycles. The molecular formula is C11H16ClNO. The van der Waals surface area contributed by atoms with Gasteiger partial charge in [-0.2, -0.15) is 0 Å². The molecule has 0 saturated carbocycles. The summed E-state index contributed by atoms with van der Waals surface area (Å²) in [7, 11) is 0. The molecular weight excluding hydrogens is 198 g/mol. The Balaban J connectivity index is 2.39. The highest BCUT2D eigenvalue weighted by Crippen LogP contribution is 2.17. The Morgan fingerprint density at radius 2 is 2.00 bits per heavy atom. The third-order valence-electron chi connectivity index (χ3n) is 1.97. The van der Waals surface area contributed by atoms with Crippen LogP contribution in [0.5, 0.6) is 5.75 Å². The topological polar surface area (TPSA) is 35.2 Å². The lowest BCUT2D eigenvalue weighted by molar-refractivity contribution is 0.209. The van der Waals surface area contributed by atoms with Gasteiger partial charge in [0.1, 0.15) is 5.75 Å². The number of hydrogen-bond donors (Lipinski definition) is 1. The Kier molecular flexibility index (Phi) is 4.77. The smallest absolute Gasteiger partial charge is 0.119 e. The molecule has 0 amide bonds. The van der Waals surface area contributed by atoms with Crippen molar-refractivity contribution in [3.63, 3.8) is 0 Å². The van der Waals surface area contributed by atoms with E-state index in [4.69, 9.17) is 22.1 Å². The van der Waals surface area contributed by atoms with Crippen LogP contribution < -0.4 is 10.5 Å². The summed E-state index contributed by atoms with van der Waals surface area (Å²) in [5.41, 5.74) is 5.42. The number of ether oxygens (including phenoxy) is 1. The lowest BCUT2D eigenvalue weighted by Gasteiger charge is -2.13. The normalized spacial score (nSPS) is 12.5. The molecule has 0 heterocycles. The Morgan fingerprint density at radius 1 is 1.36 bits per heavy atom. The first-order valence-electron chi connectivity index (χ1n) is 4.84. The van der Waals surface area contributed by atoms with Crippen LogP contribution in [0, 0.1) is 0 Å². The summed E-state index contributed by atoms with van der Waals surface area (Å²) in [6.07, 6.45) is 2.19. The van der Waals surface area contributed by atoms with E-state index < -0.39 is 0 Å². The molecule has 1 atom stereocenters. The van der Waals surface area contributed by atoms with Crippen LogP contribution >= 0.6 is 11.6 Å². The predicted octanol–water partition coefficient (Wildman–Crippen LogP) is 2.85. The molecule has 0 saturated heterocycles. The van der Waals surface area contributed by atoms with E-state index in [1.807, 2.05) is 31.2 Å². The first-order chi connectivity index (χ1) is 6.72. The maximum Gasteiger partial charge on any atom is 0.119 e. The van der Waals surface area contributed by atoms with Gasteiger partial charge in [-0.05, 0) is 50.6 Å². The van der Waals surface area contributed by atoms with Gasteiger partial charge in [0.15, 0.2) is 0 Å². The number of halogens is 1. The Labute approximate surface area is 90.0 Å². The van der Waals surface area contributed by atoms with E-state index in [1.165, 1.54) is 0 Å². The first-order valence-corrected chi connectivity index (χ1v) is 5.22. The van der Waals surface area contributed by atoms with Crippen molar-refractivity contribution in [3.8, 4) is 5.75 Å². The maximum absolute atomic E-state index is 5.76. The quantitative estimate of drug-likeness (QED) is 0.817. The zero-order valence-electron chi connectivity index (χ0n) is 8.37. The molecule has 78 valence electrons. The fourth-order valence-electron chi connectivity index (χ4n) is 1.21. The summed E-state index contributed by atoms with van der Waals surface area (Å²) in [6.45, 7) is 2.76. The highest BCUT2D eigenvalue weighted by Gasteiger charge is 2.02. The van der Waals surface area contributed by atoms with Crippen molar-refractivity contribution in [2.24, 2.45) is 5.73 Å². The fourth-order valence-corrected chi connectivity index (χ4v) is 1.34. The van der Waals surface area contributed by atoms with Gasteiger partial charge in [0.25, 0.3) is 0 Å². The molecule has 2 nitrogen and oxygen atoms in total. The van der Waals surface area contributed by atoms with Crippen LogP contribution in [0.3, 0.4) is 0 Å². The lowest BCUT2D eigenvalue weighted by atomic mass is 10.2. The van der Waals surface area contributed by atoms with Crippen LogP contribution in [0.25, 0.3) is 0 Å². The molecule has 0 radical (unpaired) electrons. The summed E-state index contributed by atoms with van der Waals surface area (Å²) in [4.78, 5) is 0. The molecule has 0 aliphatic rings. The Hall–Kier alpha value is -0.730. The minimum absolute atomic E-state index is 0.208. The third-order valence-corrected chi connectivity index (χ3v) is 2.22. The van der Waals surface area contributed by atoms with E-state index in [0.29, 0.717) is 6.54 Å². The van der Waals surface area contributed by atoms with Gasteiger partial charge in [-0.25, -0.2) is 0 Å². The lowest BCUT2D eigenvalue weighted by Crippen LogP contribution is -2.13. The molecule has 0 bridgehead atoms. The van der Waals surface area contributed by atoms with Crippen LogP contribution in [-0.4, -0.2) is 12.6 Å². The monoisotopic (exact) mass is 213 g/mol. The van der Waals surface area contributed by atoms with E-state index in [-0.39, 0.29) is 6.10 Å². The van der Waals surface area contributed by atoms with Crippen molar-refractivity contribution in [1.29, 1.82) is 0 Å². The predicted molar refractivity (Wildman–Crippen MR) is 59.8 cm³/mol. The summed E-state index contributed by atoms with van der Waals surface area (Å²) < 4.78 is 5.66. The van der Waals surface area contributed by atoms with Crippen LogP contribution in [0.4, 0.5) is 0 Å². The molecule has 1 aromatic rings.